The van der Waals surface area contributed by atoms with Crippen LogP contribution in [0.2, 0.25) is 0 Å². The molecule has 0 heterocycles. The van der Waals surface area contributed by atoms with Crippen LogP contribution >= 0.6 is 0 Å². The summed E-state index contributed by atoms with van der Waals surface area (Å²) in [6.45, 7) is 8.13. The number of nitrogens with zero attached hydrogens (tertiary/aromatic N) is 1. The lowest BCUT2D eigenvalue weighted by molar-refractivity contribution is -0.150. The topological polar surface area (TPSA) is 58.6 Å². The van der Waals surface area contributed by atoms with E-state index in [0.29, 0.717) is 12.6 Å². The Morgan fingerprint density at radius 2 is 1.88 bits per heavy atom. The zero-order valence-electron chi connectivity index (χ0n) is 11.7. The van der Waals surface area contributed by atoms with Crippen molar-refractivity contribution in [1.29, 1.82) is 0 Å². The Hall–Kier alpha value is -1.10. The summed E-state index contributed by atoms with van der Waals surface area (Å²) in [5.41, 5.74) is -0.694. The summed E-state index contributed by atoms with van der Waals surface area (Å²) in [5.74, 6) is -0.409. The molecule has 0 bridgehead atoms. The quantitative estimate of drug-likeness (QED) is 0.697. The minimum absolute atomic E-state index is 0.0850. The number of methoxy groups -OCH3 is 1. The van der Waals surface area contributed by atoms with Crippen molar-refractivity contribution in [1.82, 2.24) is 10.2 Å². The molecule has 0 saturated heterocycles. The average molecular weight is 244 g/mol. The molecule has 0 aliphatic rings. The molecule has 5 nitrogen and oxygen atoms in total. The lowest BCUT2D eigenvalue weighted by atomic mass is 9.94. The van der Waals surface area contributed by atoms with E-state index in [2.05, 4.69) is 10.1 Å². The van der Waals surface area contributed by atoms with Gasteiger partial charge in [-0.3, -0.25) is 14.5 Å². The van der Waals surface area contributed by atoms with Crippen molar-refractivity contribution in [2.24, 2.45) is 5.41 Å². The minimum Gasteiger partial charge on any atom is -0.469 e. The molecule has 0 aromatic rings. The third-order valence-corrected chi connectivity index (χ3v) is 2.74. The van der Waals surface area contributed by atoms with Gasteiger partial charge in [0.15, 0.2) is 0 Å². The fraction of sp³-hybridized carbons (Fsp3) is 0.833. The van der Waals surface area contributed by atoms with Gasteiger partial charge >= 0.3 is 5.97 Å². The Labute approximate surface area is 103 Å². The smallest absolute Gasteiger partial charge is 0.313 e. The van der Waals surface area contributed by atoms with Gasteiger partial charge in [0.2, 0.25) is 5.91 Å². The van der Waals surface area contributed by atoms with E-state index < -0.39 is 5.41 Å². The van der Waals surface area contributed by atoms with Crippen molar-refractivity contribution >= 4 is 11.9 Å². The van der Waals surface area contributed by atoms with Gasteiger partial charge in [0, 0.05) is 12.6 Å². The summed E-state index contributed by atoms with van der Waals surface area (Å²) in [7, 11) is 3.23. The van der Waals surface area contributed by atoms with Crippen LogP contribution in [-0.4, -0.2) is 50.1 Å². The summed E-state index contributed by atoms with van der Waals surface area (Å²) < 4.78 is 4.67. The first-order chi connectivity index (χ1) is 7.70. The largest absolute Gasteiger partial charge is 0.469 e. The van der Waals surface area contributed by atoms with Crippen LogP contribution in [0.3, 0.4) is 0 Å². The van der Waals surface area contributed by atoms with Gasteiger partial charge < -0.3 is 10.1 Å². The number of likely N-dealkylation sites (N-methyl/N-ethyl adjacent to an activating group) is 1. The number of nitrogens with one attached hydrogen (secondary N) is 1. The Kier molecular flexibility index (Phi) is 6.16. The van der Waals surface area contributed by atoms with Crippen LogP contribution in [0.5, 0.6) is 0 Å². The molecule has 0 unspecified atom stereocenters. The molecule has 0 aromatic carbocycles. The van der Waals surface area contributed by atoms with E-state index in [9.17, 15) is 9.59 Å². The van der Waals surface area contributed by atoms with Crippen LogP contribution < -0.4 is 5.32 Å². The van der Waals surface area contributed by atoms with Crippen LogP contribution in [0.4, 0.5) is 0 Å². The molecule has 17 heavy (non-hydrogen) atoms. The molecule has 0 aromatic heterocycles. The molecule has 0 saturated carbocycles. The minimum atomic E-state index is -0.694. The van der Waals surface area contributed by atoms with Crippen LogP contribution in [0.15, 0.2) is 0 Å². The van der Waals surface area contributed by atoms with E-state index in [4.69, 9.17) is 0 Å². The molecule has 0 atom stereocenters. The highest BCUT2D eigenvalue weighted by molar-refractivity contribution is 5.80. The SMILES string of the molecule is COC(=O)C(C)(C)CNC(=O)CN(C)C(C)C. The summed E-state index contributed by atoms with van der Waals surface area (Å²) in [4.78, 5) is 24.9. The van der Waals surface area contributed by atoms with E-state index in [1.165, 1.54) is 7.11 Å². The van der Waals surface area contributed by atoms with Gasteiger partial charge in [0.25, 0.3) is 0 Å². The molecular weight excluding hydrogens is 220 g/mol. The summed E-state index contributed by atoms with van der Waals surface area (Å²) >= 11 is 0. The molecular formula is C12H24N2O3. The van der Waals surface area contributed by atoms with Gasteiger partial charge in [-0.1, -0.05) is 0 Å². The normalized spacial score (nSPS) is 11.8. The van der Waals surface area contributed by atoms with Crippen molar-refractivity contribution < 1.29 is 14.3 Å². The highest BCUT2D eigenvalue weighted by Gasteiger charge is 2.29. The zero-order chi connectivity index (χ0) is 13.6. The number of hydrogen-bond donors (Lipinski definition) is 1. The molecule has 0 radical (unpaired) electrons. The van der Waals surface area contributed by atoms with Crippen molar-refractivity contribution in [2.45, 2.75) is 33.7 Å². The first-order valence-electron chi connectivity index (χ1n) is 5.76. The molecule has 0 rings (SSSR count). The molecule has 0 spiro atoms. The highest BCUT2D eigenvalue weighted by Crippen LogP contribution is 2.15. The highest BCUT2D eigenvalue weighted by atomic mass is 16.5. The number of esters is 1. The number of carbonyl (C=O) groups is 2. The van der Waals surface area contributed by atoms with Gasteiger partial charge in [0.05, 0.1) is 19.1 Å². The Bertz CT molecular complexity index is 275. The second kappa shape index (κ2) is 6.59. The predicted molar refractivity (Wildman–Crippen MR) is 66.6 cm³/mol. The summed E-state index contributed by atoms with van der Waals surface area (Å²) in [6, 6.07) is 0.314. The number of hydrogen-bond acceptors (Lipinski definition) is 4. The van der Waals surface area contributed by atoms with Crippen molar-refractivity contribution in [2.75, 3.05) is 27.2 Å². The second-order valence-corrected chi connectivity index (χ2v) is 5.16. The average Bonchev–Trinajstić information content (AvgIpc) is 2.25. The van der Waals surface area contributed by atoms with Gasteiger partial charge in [-0.15, -0.1) is 0 Å². The van der Waals surface area contributed by atoms with Gasteiger partial charge in [0.1, 0.15) is 0 Å². The van der Waals surface area contributed by atoms with E-state index in [-0.39, 0.29) is 18.4 Å². The zero-order valence-corrected chi connectivity index (χ0v) is 11.7. The maximum Gasteiger partial charge on any atom is 0.313 e. The monoisotopic (exact) mass is 244 g/mol. The molecule has 1 amide bonds. The third kappa shape index (κ3) is 5.68. The number of carbonyl (C=O) groups excluding carboxylic acids is 2. The van der Waals surface area contributed by atoms with Crippen molar-refractivity contribution in [3.05, 3.63) is 0 Å². The number of rotatable bonds is 6. The van der Waals surface area contributed by atoms with E-state index in [0.717, 1.165) is 0 Å². The van der Waals surface area contributed by atoms with Crippen LogP contribution in [0, 0.1) is 5.41 Å². The first-order valence-corrected chi connectivity index (χ1v) is 5.76. The van der Waals surface area contributed by atoms with E-state index in [1.807, 2.05) is 25.8 Å². The van der Waals surface area contributed by atoms with Gasteiger partial charge in [-0.25, -0.2) is 0 Å². The van der Waals surface area contributed by atoms with Crippen molar-refractivity contribution in [3.8, 4) is 0 Å². The fourth-order valence-corrected chi connectivity index (χ4v) is 1.13. The van der Waals surface area contributed by atoms with Crippen LogP contribution in [0.25, 0.3) is 0 Å². The van der Waals surface area contributed by atoms with E-state index >= 15 is 0 Å². The van der Waals surface area contributed by atoms with Crippen LogP contribution in [0.1, 0.15) is 27.7 Å². The Balaban J connectivity index is 4.12. The molecule has 1 N–H and O–H groups in total. The molecule has 5 heteroatoms. The Morgan fingerprint density at radius 3 is 2.29 bits per heavy atom. The molecule has 0 aliphatic heterocycles. The maximum atomic E-state index is 11.6. The second-order valence-electron chi connectivity index (χ2n) is 5.16. The standard InChI is InChI=1S/C12H24N2O3/c1-9(2)14(5)7-10(15)13-8-12(3,4)11(16)17-6/h9H,7-8H2,1-6H3,(H,13,15). The lowest BCUT2D eigenvalue weighted by Crippen LogP contribution is -2.44. The third-order valence-electron chi connectivity index (χ3n) is 2.74. The lowest BCUT2D eigenvalue weighted by Gasteiger charge is -2.24. The molecule has 0 fully saturated rings. The number of ether oxygens (including phenoxy) is 1. The summed E-state index contributed by atoms with van der Waals surface area (Å²) in [6.07, 6.45) is 0. The van der Waals surface area contributed by atoms with Crippen molar-refractivity contribution in [3.63, 3.8) is 0 Å². The first kappa shape index (κ1) is 15.9. The van der Waals surface area contributed by atoms with Crippen LogP contribution in [-0.2, 0) is 14.3 Å². The number of amides is 1. The van der Waals surface area contributed by atoms with Gasteiger partial charge in [-0.2, -0.15) is 0 Å². The van der Waals surface area contributed by atoms with Gasteiger partial charge in [-0.05, 0) is 34.7 Å². The predicted octanol–water partition coefficient (Wildman–Crippen LogP) is 0.642. The summed E-state index contributed by atoms with van der Waals surface area (Å²) in [5, 5.41) is 2.74. The Morgan fingerprint density at radius 1 is 1.35 bits per heavy atom. The molecule has 100 valence electrons. The maximum absolute atomic E-state index is 11.6. The molecule has 0 aliphatic carbocycles. The fourth-order valence-electron chi connectivity index (χ4n) is 1.13. The van der Waals surface area contributed by atoms with E-state index in [1.54, 1.807) is 13.8 Å².